The molecule has 0 saturated heterocycles. The lowest BCUT2D eigenvalue weighted by Crippen LogP contribution is -2.24. The highest BCUT2D eigenvalue weighted by molar-refractivity contribution is 5.66. The molecule has 3 nitrogen and oxygen atoms in total. The number of carbonyl (C=O) groups is 1. The summed E-state index contributed by atoms with van der Waals surface area (Å²) in [7, 11) is 1.58. The quantitative estimate of drug-likeness (QED) is 0.649. The zero-order valence-electron chi connectivity index (χ0n) is 8.93. The average molecular weight is 187 g/mol. The number of rotatable bonds is 6. The Balaban J connectivity index is 3.29. The van der Waals surface area contributed by atoms with Crippen molar-refractivity contribution >= 4 is 6.09 Å². The summed E-state index contributed by atoms with van der Waals surface area (Å²) in [5.74, 6) is 0. The van der Waals surface area contributed by atoms with Gasteiger partial charge in [-0.3, -0.25) is 0 Å². The minimum atomic E-state index is -0.331. The molecule has 0 aliphatic carbocycles. The maximum absolute atomic E-state index is 10.8. The molecule has 0 aromatic carbocycles. The molecule has 0 fully saturated rings. The van der Waals surface area contributed by atoms with Crippen LogP contribution in [0.25, 0.3) is 0 Å². The van der Waals surface area contributed by atoms with Crippen molar-refractivity contribution in [1.29, 1.82) is 0 Å². The lowest BCUT2D eigenvalue weighted by atomic mass is 10.1. The van der Waals surface area contributed by atoms with Crippen LogP contribution in [0.2, 0.25) is 0 Å². The zero-order chi connectivity index (χ0) is 10.1. The minimum absolute atomic E-state index is 0.0387. The van der Waals surface area contributed by atoms with E-state index in [1.807, 2.05) is 6.92 Å². The highest BCUT2D eigenvalue weighted by Crippen LogP contribution is 2.07. The first kappa shape index (κ1) is 12.3. The third-order valence-electron chi connectivity index (χ3n) is 1.98. The van der Waals surface area contributed by atoms with Crippen LogP contribution in [0.15, 0.2) is 0 Å². The summed E-state index contributed by atoms with van der Waals surface area (Å²) in [5, 5.41) is 2.44. The van der Waals surface area contributed by atoms with Crippen molar-refractivity contribution in [3.63, 3.8) is 0 Å². The maximum atomic E-state index is 10.8. The number of amides is 1. The normalized spacial score (nSPS) is 12.2. The second-order valence-corrected chi connectivity index (χ2v) is 3.32. The van der Waals surface area contributed by atoms with Gasteiger partial charge in [0.1, 0.15) is 6.10 Å². The molecule has 0 spiro atoms. The van der Waals surface area contributed by atoms with E-state index in [2.05, 4.69) is 12.2 Å². The van der Waals surface area contributed by atoms with Gasteiger partial charge in [-0.05, 0) is 19.8 Å². The molecule has 0 rings (SSSR count). The molecule has 0 aliphatic heterocycles. The van der Waals surface area contributed by atoms with Crippen LogP contribution in [-0.4, -0.2) is 19.2 Å². The van der Waals surface area contributed by atoms with Gasteiger partial charge in [0.15, 0.2) is 0 Å². The fourth-order valence-corrected chi connectivity index (χ4v) is 1.16. The molecule has 0 aliphatic rings. The first-order valence-corrected chi connectivity index (χ1v) is 5.09. The summed E-state index contributed by atoms with van der Waals surface area (Å²) in [6.07, 6.45) is 5.56. The Morgan fingerprint density at radius 3 is 2.62 bits per heavy atom. The van der Waals surface area contributed by atoms with Crippen LogP contribution in [0.3, 0.4) is 0 Å². The molecule has 0 bridgehead atoms. The molecule has 1 amide bonds. The molecule has 3 heteroatoms. The van der Waals surface area contributed by atoms with Gasteiger partial charge in [0.25, 0.3) is 0 Å². The molecule has 0 aromatic heterocycles. The van der Waals surface area contributed by atoms with Crippen molar-refractivity contribution < 1.29 is 9.53 Å². The van der Waals surface area contributed by atoms with Crippen molar-refractivity contribution in [1.82, 2.24) is 5.32 Å². The van der Waals surface area contributed by atoms with Gasteiger partial charge < -0.3 is 10.1 Å². The van der Waals surface area contributed by atoms with E-state index < -0.39 is 0 Å². The molecule has 13 heavy (non-hydrogen) atoms. The summed E-state index contributed by atoms with van der Waals surface area (Å²) in [6.45, 7) is 4.12. The molecule has 0 radical (unpaired) electrons. The Hall–Kier alpha value is -0.730. The molecular weight excluding hydrogens is 166 g/mol. The predicted octanol–water partition coefficient (Wildman–Crippen LogP) is 2.70. The number of nitrogens with one attached hydrogen (secondary N) is 1. The van der Waals surface area contributed by atoms with Gasteiger partial charge in [-0.2, -0.15) is 0 Å². The van der Waals surface area contributed by atoms with Crippen LogP contribution in [0, 0.1) is 0 Å². The largest absolute Gasteiger partial charge is 0.447 e. The van der Waals surface area contributed by atoms with Crippen LogP contribution in [0.5, 0.6) is 0 Å². The predicted molar refractivity (Wildman–Crippen MR) is 53.8 cm³/mol. The fraction of sp³-hybridized carbons (Fsp3) is 0.900. The second kappa shape index (κ2) is 7.90. The van der Waals surface area contributed by atoms with E-state index in [0.717, 1.165) is 12.8 Å². The van der Waals surface area contributed by atoms with E-state index >= 15 is 0 Å². The molecule has 1 N–H and O–H groups in total. The minimum Gasteiger partial charge on any atom is -0.447 e. The van der Waals surface area contributed by atoms with Crippen LogP contribution >= 0.6 is 0 Å². The van der Waals surface area contributed by atoms with Gasteiger partial charge in [0.2, 0.25) is 0 Å². The third-order valence-corrected chi connectivity index (χ3v) is 1.98. The van der Waals surface area contributed by atoms with E-state index in [9.17, 15) is 4.79 Å². The SMILES string of the molecule is CCCCCCC(C)OC(=O)NC. The Morgan fingerprint density at radius 2 is 2.08 bits per heavy atom. The first-order valence-electron chi connectivity index (χ1n) is 5.09. The monoisotopic (exact) mass is 187 g/mol. The van der Waals surface area contributed by atoms with Gasteiger partial charge in [0, 0.05) is 7.05 Å². The van der Waals surface area contributed by atoms with E-state index in [1.165, 1.54) is 19.3 Å². The van der Waals surface area contributed by atoms with E-state index in [0.29, 0.717) is 0 Å². The van der Waals surface area contributed by atoms with Crippen molar-refractivity contribution in [3.8, 4) is 0 Å². The molecule has 0 saturated carbocycles. The van der Waals surface area contributed by atoms with Gasteiger partial charge in [0.05, 0.1) is 0 Å². The summed E-state index contributed by atoms with van der Waals surface area (Å²) < 4.78 is 5.03. The average Bonchev–Trinajstić information content (AvgIpc) is 2.12. The van der Waals surface area contributed by atoms with Gasteiger partial charge in [-0.1, -0.05) is 26.2 Å². The van der Waals surface area contributed by atoms with Gasteiger partial charge >= 0.3 is 6.09 Å². The Bertz CT molecular complexity index is 137. The number of unbranched alkanes of at least 4 members (excludes halogenated alkanes) is 3. The van der Waals surface area contributed by atoms with Crippen LogP contribution in [0.1, 0.15) is 46.0 Å². The lowest BCUT2D eigenvalue weighted by molar-refractivity contribution is 0.102. The number of hydrogen-bond acceptors (Lipinski definition) is 2. The first-order chi connectivity index (χ1) is 6.20. The number of carbonyl (C=O) groups excluding carboxylic acids is 1. The van der Waals surface area contributed by atoms with Crippen LogP contribution < -0.4 is 5.32 Å². The maximum Gasteiger partial charge on any atom is 0.407 e. The van der Waals surface area contributed by atoms with Crippen molar-refractivity contribution in [2.45, 2.75) is 52.1 Å². The highest BCUT2D eigenvalue weighted by atomic mass is 16.6. The molecular formula is C10H21NO2. The van der Waals surface area contributed by atoms with Crippen molar-refractivity contribution in [2.75, 3.05) is 7.05 Å². The van der Waals surface area contributed by atoms with E-state index in [1.54, 1.807) is 7.05 Å². The highest BCUT2D eigenvalue weighted by Gasteiger charge is 2.06. The molecule has 0 aromatic rings. The summed E-state index contributed by atoms with van der Waals surface area (Å²) in [5.41, 5.74) is 0. The Morgan fingerprint density at radius 1 is 1.38 bits per heavy atom. The summed E-state index contributed by atoms with van der Waals surface area (Å²) >= 11 is 0. The van der Waals surface area contributed by atoms with Crippen LogP contribution in [0.4, 0.5) is 4.79 Å². The summed E-state index contributed by atoms with van der Waals surface area (Å²) in [4.78, 5) is 10.8. The number of hydrogen-bond donors (Lipinski definition) is 1. The smallest absolute Gasteiger partial charge is 0.407 e. The zero-order valence-corrected chi connectivity index (χ0v) is 8.93. The molecule has 1 atom stereocenters. The second-order valence-electron chi connectivity index (χ2n) is 3.32. The van der Waals surface area contributed by atoms with E-state index in [4.69, 9.17) is 4.74 Å². The fourth-order valence-electron chi connectivity index (χ4n) is 1.16. The van der Waals surface area contributed by atoms with Gasteiger partial charge in [-0.25, -0.2) is 4.79 Å². The van der Waals surface area contributed by atoms with E-state index in [-0.39, 0.29) is 12.2 Å². The standard InChI is InChI=1S/C10H21NO2/c1-4-5-6-7-8-9(2)13-10(12)11-3/h9H,4-8H2,1-3H3,(H,11,12). The number of ether oxygens (including phenoxy) is 1. The van der Waals surface area contributed by atoms with Gasteiger partial charge in [-0.15, -0.1) is 0 Å². The molecule has 1 unspecified atom stereocenters. The molecule has 78 valence electrons. The number of alkyl carbamates (subject to hydrolysis) is 1. The topological polar surface area (TPSA) is 38.3 Å². The van der Waals surface area contributed by atoms with Crippen molar-refractivity contribution in [3.05, 3.63) is 0 Å². The van der Waals surface area contributed by atoms with Crippen molar-refractivity contribution in [2.24, 2.45) is 0 Å². The molecule has 0 heterocycles. The summed E-state index contributed by atoms with van der Waals surface area (Å²) in [6, 6.07) is 0. The third kappa shape index (κ3) is 7.62. The lowest BCUT2D eigenvalue weighted by Gasteiger charge is -2.11. The Labute approximate surface area is 80.8 Å². The van der Waals surface area contributed by atoms with Crippen LogP contribution in [-0.2, 0) is 4.74 Å². The Kier molecular flexibility index (Phi) is 7.45.